The van der Waals surface area contributed by atoms with Gasteiger partial charge in [0.05, 0.1) is 17.4 Å². The minimum Gasteiger partial charge on any atom is -0.369 e. The zero-order chi connectivity index (χ0) is 23.5. The topological polar surface area (TPSA) is 119 Å². The second-order valence-electron chi connectivity index (χ2n) is 9.19. The van der Waals surface area contributed by atoms with Crippen molar-refractivity contribution in [1.82, 2.24) is 24.3 Å². The number of pyridine rings is 1. The molecule has 3 aromatic rings. The lowest BCUT2D eigenvalue weighted by Gasteiger charge is -2.37. The maximum atomic E-state index is 13.2. The molecule has 0 amide bonds. The van der Waals surface area contributed by atoms with Crippen LogP contribution in [-0.2, 0) is 10.0 Å². The standard InChI is InChI=1S/C20H25F2N7O2S2/c1-11-9-28(6-3-13(11)23)14-7-12(33(30,31)27-20(2)4-5-20)10-29-15(14)8-24-17(29)19-26-25-18(32-19)16(21)22/h7-8,10-11,13,16,27H,3-6,9,23H2,1-2H3/t11-,13?/m0/s1. The van der Waals surface area contributed by atoms with Crippen LogP contribution in [0.15, 0.2) is 23.4 Å². The molecule has 1 saturated carbocycles. The Balaban J connectivity index is 1.65. The van der Waals surface area contributed by atoms with E-state index in [4.69, 9.17) is 5.73 Å². The summed E-state index contributed by atoms with van der Waals surface area (Å²) in [5, 5.41) is 7.20. The fraction of sp³-hybridized carbons (Fsp3) is 0.550. The van der Waals surface area contributed by atoms with Crippen LogP contribution in [0.25, 0.3) is 16.3 Å². The molecule has 178 valence electrons. The number of sulfonamides is 1. The van der Waals surface area contributed by atoms with Gasteiger partial charge >= 0.3 is 0 Å². The average Bonchev–Trinajstić information content (AvgIpc) is 3.16. The minimum absolute atomic E-state index is 0.0790. The minimum atomic E-state index is -3.82. The van der Waals surface area contributed by atoms with E-state index in [2.05, 4.69) is 31.7 Å². The van der Waals surface area contributed by atoms with Gasteiger partial charge in [-0.15, -0.1) is 10.2 Å². The van der Waals surface area contributed by atoms with Gasteiger partial charge in [-0.1, -0.05) is 18.3 Å². The predicted octanol–water partition coefficient (Wildman–Crippen LogP) is 2.79. The van der Waals surface area contributed by atoms with Crippen LogP contribution in [0.5, 0.6) is 0 Å². The SMILES string of the molecule is C[C@H]1CN(c2cc(S(=O)(=O)NC3(C)CC3)cn3c(-c4nnc(C(F)F)s4)ncc23)CCC1N. The highest BCUT2D eigenvalue weighted by molar-refractivity contribution is 7.89. The lowest BCUT2D eigenvalue weighted by atomic mass is 9.94. The molecule has 0 aromatic carbocycles. The van der Waals surface area contributed by atoms with E-state index < -0.39 is 27.0 Å². The Kier molecular flexibility index (Phi) is 5.42. The molecule has 1 saturated heterocycles. The summed E-state index contributed by atoms with van der Waals surface area (Å²) in [5.41, 5.74) is 7.12. The van der Waals surface area contributed by atoms with Gasteiger partial charge in [-0.05, 0) is 38.2 Å². The highest BCUT2D eigenvalue weighted by Crippen LogP contribution is 2.38. The first-order chi connectivity index (χ1) is 15.6. The van der Waals surface area contributed by atoms with Gasteiger partial charge in [-0.25, -0.2) is 26.9 Å². The van der Waals surface area contributed by atoms with E-state index in [1.807, 2.05) is 6.92 Å². The number of fused-ring (bicyclic) bond motifs is 1. The van der Waals surface area contributed by atoms with Crippen LogP contribution in [0.4, 0.5) is 14.5 Å². The number of anilines is 1. The Hall–Kier alpha value is -2.22. The number of nitrogens with two attached hydrogens (primary N) is 1. The third-order valence-corrected chi connectivity index (χ3v) is 8.95. The lowest BCUT2D eigenvalue weighted by molar-refractivity contribution is 0.150. The number of nitrogens with zero attached hydrogens (tertiary/aromatic N) is 5. The number of imidazole rings is 1. The Labute approximate surface area is 194 Å². The Morgan fingerprint density at radius 3 is 2.73 bits per heavy atom. The number of aromatic nitrogens is 4. The smallest absolute Gasteiger partial charge is 0.291 e. The van der Waals surface area contributed by atoms with Gasteiger partial charge in [0.2, 0.25) is 10.0 Å². The molecule has 1 unspecified atom stereocenters. The third kappa shape index (κ3) is 4.22. The van der Waals surface area contributed by atoms with E-state index in [1.165, 1.54) is 6.20 Å². The van der Waals surface area contributed by atoms with Crippen LogP contribution in [-0.4, -0.2) is 52.7 Å². The first-order valence-electron chi connectivity index (χ1n) is 10.7. The van der Waals surface area contributed by atoms with Crippen molar-refractivity contribution in [2.24, 2.45) is 11.7 Å². The van der Waals surface area contributed by atoms with Gasteiger partial charge in [0.1, 0.15) is 4.90 Å². The summed E-state index contributed by atoms with van der Waals surface area (Å²) < 4.78 is 57.0. The molecule has 0 bridgehead atoms. The number of piperidine rings is 1. The van der Waals surface area contributed by atoms with Gasteiger partial charge in [0.25, 0.3) is 6.43 Å². The molecular weight excluding hydrogens is 472 g/mol. The number of hydrogen-bond acceptors (Lipinski definition) is 8. The molecule has 13 heteroatoms. The van der Waals surface area contributed by atoms with Crippen molar-refractivity contribution >= 4 is 32.6 Å². The van der Waals surface area contributed by atoms with Crippen LogP contribution >= 0.6 is 11.3 Å². The summed E-state index contributed by atoms with van der Waals surface area (Å²) in [4.78, 5) is 6.59. The molecule has 9 nitrogen and oxygen atoms in total. The molecule has 2 atom stereocenters. The molecular formula is C20H25F2N7O2S2. The molecule has 0 radical (unpaired) electrons. The molecule has 5 rings (SSSR count). The maximum absolute atomic E-state index is 13.2. The van der Waals surface area contributed by atoms with Crippen molar-refractivity contribution in [3.63, 3.8) is 0 Å². The number of alkyl halides is 2. The first kappa shape index (κ1) is 22.6. The van der Waals surface area contributed by atoms with Crippen LogP contribution in [0.1, 0.15) is 44.5 Å². The number of rotatable bonds is 6. The lowest BCUT2D eigenvalue weighted by Crippen LogP contribution is -2.46. The monoisotopic (exact) mass is 497 g/mol. The highest BCUT2D eigenvalue weighted by Gasteiger charge is 2.41. The van der Waals surface area contributed by atoms with E-state index in [0.717, 1.165) is 30.6 Å². The number of nitrogens with one attached hydrogen (secondary N) is 1. The summed E-state index contributed by atoms with van der Waals surface area (Å²) in [7, 11) is -3.82. The summed E-state index contributed by atoms with van der Waals surface area (Å²) in [6.45, 7) is 5.28. The summed E-state index contributed by atoms with van der Waals surface area (Å²) in [6, 6.07) is 1.73. The van der Waals surface area contributed by atoms with Crippen molar-refractivity contribution in [3.8, 4) is 10.8 Å². The summed E-state index contributed by atoms with van der Waals surface area (Å²) in [6.07, 6.45) is 2.67. The van der Waals surface area contributed by atoms with Crippen LogP contribution in [0.3, 0.4) is 0 Å². The van der Waals surface area contributed by atoms with Gasteiger partial charge in [-0.2, -0.15) is 0 Å². The quantitative estimate of drug-likeness (QED) is 0.538. The molecule has 0 spiro atoms. The number of hydrogen-bond donors (Lipinski definition) is 2. The Bertz CT molecular complexity index is 1300. The fourth-order valence-corrected chi connectivity index (χ4v) is 6.26. The van der Waals surface area contributed by atoms with Crippen LogP contribution in [0, 0.1) is 5.92 Å². The first-order valence-corrected chi connectivity index (χ1v) is 13.0. The summed E-state index contributed by atoms with van der Waals surface area (Å²) >= 11 is 0.738. The third-order valence-electron chi connectivity index (χ3n) is 6.42. The number of halogens is 2. The molecule has 1 aliphatic heterocycles. The average molecular weight is 498 g/mol. The van der Waals surface area contributed by atoms with E-state index in [0.29, 0.717) is 24.3 Å². The zero-order valence-corrected chi connectivity index (χ0v) is 19.8. The van der Waals surface area contributed by atoms with Gasteiger partial charge < -0.3 is 10.6 Å². The van der Waals surface area contributed by atoms with Crippen molar-refractivity contribution in [1.29, 1.82) is 0 Å². The zero-order valence-electron chi connectivity index (χ0n) is 18.2. The van der Waals surface area contributed by atoms with Crippen molar-refractivity contribution in [2.45, 2.75) is 56.0 Å². The molecule has 1 aliphatic carbocycles. The highest BCUT2D eigenvalue weighted by atomic mass is 32.2. The molecule has 3 N–H and O–H groups in total. The largest absolute Gasteiger partial charge is 0.369 e. The van der Waals surface area contributed by atoms with Crippen molar-refractivity contribution in [3.05, 3.63) is 23.5 Å². The van der Waals surface area contributed by atoms with Crippen LogP contribution < -0.4 is 15.4 Å². The molecule has 4 heterocycles. The second-order valence-corrected chi connectivity index (χ2v) is 11.9. The predicted molar refractivity (Wildman–Crippen MR) is 121 cm³/mol. The molecule has 2 aliphatic rings. The Morgan fingerprint density at radius 2 is 2.09 bits per heavy atom. The molecule has 33 heavy (non-hydrogen) atoms. The van der Waals surface area contributed by atoms with Crippen molar-refractivity contribution in [2.75, 3.05) is 18.0 Å². The fourth-order valence-electron chi connectivity index (χ4n) is 4.08. The Morgan fingerprint density at radius 1 is 1.33 bits per heavy atom. The van der Waals surface area contributed by atoms with Gasteiger partial charge in [-0.3, -0.25) is 4.40 Å². The molecule has 2 fully saturated rings. The second kappa shape index (κ2) is 7.93. The van der Waals surface area contributed by atoms with E-state index in [1.54, 1.807) is 16.7 Å². The van der Waals surface area contributed by atoms with E-state index in [-0.39, 0.29) is 27.7 Å². The maximum Gasteiger partial charge on any atom is 0.291 e. The molecule has 3 aromatic heterocycles. The van der Waals surface area contributed by atoms with Gasteiger partial charge in [0, 0.05) is 30.9 Å². The van der Waals surface area contributed by atoms with Crippen LogP contribution in [0.2, 0.25) is 0 Å². The van der Waals surface area contributed by atoms with E-state index >= 15 is 0 Å². The summed E-state index contributed by atoms with van der Waals surface area (Å²) in [5.74, 6) is 0.494. The normalized spacial score (nSPS) is 22.9. The van der Waals surface area contributed by atoms with Crippen molar-refractivity contribution < 1.29 is 17.2 Å². The van der Waals surface area contributed by atoms with Gasteiger partial charge in [0.15, 0.2) is 15.8 Å². The van der Waals surface area contributed by atoms with E-state index in [9.17, 15) is 17.2 Å².